The van der Waals surface area contributed by atoms with Crippen molar-refractivity contribution in [3.05, 3.63) is 71.8 Å². The minimum atomic E-state index is -0.879. The molecule has 5 heteroatoms. The number of nitrogens with one attached hydrogen (secondary N) is 2. The Hall–Kier alpha value is -2.14. The maximum absolute atomic E-state index is 12.2. The highest BCUT2D eigenvalue weighted by Gasteiger charge is 2.06. The van der Waals surface area contributed by atoms with Gasteiger partial charge < -0.3 is 10.6 Å². The van der Waals surface area contributed by atoms with E-state index in [1.807, 2.05) is 43.3 Å². The van der Waals surface area contributed by atoms with Gasteiger partial charge in [-0.1, -0.05) is 67.6 Å². The number of aliphatic imine (C=N–C) groups is 1. The van der Waals surface area contributed by atoms with Crippen molar-refractivity contribution in [1.29, 1.82) is 0 Å². The van der Waals surface area contributed by atoms with Crippen LogP contribution in [0.5, 0.6) is 0 Å². The summed E-state index contributed by atoms with van der Waals surface area (Å²) in [6, 6.07) is 20.4. The lowest BCUT2D eigenvalue weighted by atomic mass is 10.0. The number of nitrogens with zero attached hydrogens (tertiary/aromatic N) is 1. The molecule has 2 N–H and O–H groups in total. The Balaban J connectivity index is 1.79. The van der Waals surface area contributed by atoms with Gasteiger partial charge in [0, 0.05) is 47.9 Å². The van der Waals surface area contributed by atoms with Crippen molar-refractivity contribution in [3.8, 4) is 0 Å². The average Bonchev–Trinajstić information content (AvgIpc) is 2.67. The van der Waals surface area contributed by atoms with Crippen LogP contribution >= 0.6 is 0 Å². The second-order valence-corrected chi connectivity index (χ2v) is 7.81. The predicted octanol–water partition coefficient (Wildman–Crippen LogP) is 3.29. The Morgan fingerprint density at radius 3 is 2.35 bits per heavy atom. The summed E-state index contributed by atoms with van der Waals surface area (Å²) in [5.74, 6) is 2.35. The standard InChI is InChI=1S/C21H29N3OS/c1-3-22-21(24-16-18(2)20-12-8-5-9-13-20)23-14-15-26(25)17-19-10-6-4-7-11-19/h4-13,18H,3,14-17H2,1-2H3,(H2,22,23,24). The Morgan fingerprint density at radius 1 is 1.04 bits per heavy atom. The fourth-order valence-electron chi connectivity index (χ4n) is 2.57. The molecule has 0 aromatic heterocycles. The van der Waals surface area contributed by atoms with Gasteiger partial charge in [0.1, 0.15) is 0 Å². The monoisotopic (exact) mass is 371 g/mol. The highest BCUT2D eigenvalue weighted by molar-refractivity contribution is 7.84. The summed E-state index contributed by atoms with van der Waals surface area (Å²) in [5, 5.41) is 6.54. The Bertz CT molecular complexity index is 689. The number of benzene rings is 2. The van der Waals surface area contributed by atoms with Gasteiger partial charge in [-0.05, 0) is 18.1 Å². The van der Waals surface area contributed by atoms with Crippen LogP contribution in [0.3, 0.4) is 0 Å². The van der Waals surface area contributed by atoms with Gasteiger partial charge in [0.25, 0.3) is 0 Å². The molecule has 0 spiro atoms. The summed E-state index contributed by atoms with van der Waals surface area (Å²) in [4.78, 5) is 4.67. The molecular formula is C21H29N3OS. The molecule has 0 bridgehead atoms. The van der Waals surface area contributed by atoms with E-state index in [1.54, 1.807) is 0 Å². The molecule has 140 valence electrons. The fourth-order valence-corrected chi connectivity index (χ4v) is 3.61. The molecule has 2 rings (SSSR count). The lowest BCUT2D eigenvalue weighted by Crippen LogP contribution is -2.39. The molecule has 26 heavy (non-hydrogen) atoms. The molecule has 0 aliphatic rings. The molecule has 4 nitrogen and oxygen atoms in total. The first-order chi connectivity index (χ1) is 12.7. The van der Waals surface area contributed by atoms with Crippen molar-refractivity contribution in [1.82, 2.24) is 10.6 Å². The molecule has 0 aliphatic carbocycles. The third-order valence-electron chi connectivity index (χ3n) is 4.03. The van der Waals surface area contributed by atoms with Crippen molar-refractivity contribution in [2.45, 2.75) is 25.5 Å². The van der Waals surface area contributed by atoms with Crippen LogP contribution in [0.4, 0.5) is 0 Å². The van der Waals surface area contributed by atoms with Crippen molar-refractivity contribution < 1.29 is 4.21 Å². The zero-order valence-corrected chi connectivity index (χ0v) is 16.5. The van der Waals surface area contributed by atoms with Crippen LogP contribution in [-0.2, 0) is 16.6 Å². The van der Waals surface area contributed by atoms with E-state index in [-0.39, 0.29) is 0 Å². The summed E-state index contributed by atoms with van der Waals surface area (Å²) in [6.45, 7) is 6.39. The summed E-state index contributed by atoms with van der Waals surface area (Å²) >= 11 is 0. The van der Waals surface area contributed by atoms with Gasteiger partial charge in [-0.15, -0.1) is 0 Å². The lowest BCUT2D eigenvalue weighted by Gasteiger charge is -2.13. The molecule has 0 fully saturated rings. The van der Waals surface area contributed by atoms with Crippen molar-refractivity contribution >= 4 is 16.8 Å². The van der Waals surface area contributed by atoms with E-state index in [0.717, 1.165) is 18.1 Å². The maximum Gasteiger partial charge on any atom is 0.191 e. The number of hydrogen-bond acceptors (Lipinski definition) is 2. The molecule has 2 unspecified atom stereocenters. The molecule has 0 heterocycles. The molecular weight excluding hydrogens is 342 g/mol. The van der Waals surface area contributed by atoms with Crippen molar-refractivity contribution in [3.63, 3.8) is 0 Å². The van der Waals surface area contributed by atoms with Gasteiger partial charge >= 0.3 is 0 Å². The van der Waals surface area contributed by atoms with Crippen LogP contribution in [0.2, 0.25) is 0 Å². The average molecular weight is 372 g/mol. The highest BCUT2D eigenvalue weighted by Crippen LogP contribution is 2.14. The van der Waals surface area contributed by atoms with E-state index in [4.69, 9.17) is 0 Å². The third kappa shape index (κ3) is 7.40. The molecule has 0 radical (unpaired) electrons. The van der Waals surface area contributed by atoms with E-state index in [2.05, 4.69) is 46.8 Å². The van der Waals surface area contributed by atoms with E-state index in [1.165, 1.54) is 5.56 Å². The smallest absolute Gasteiger partial charge is 0.191 e. The largest absolute Gasteiger partial charge is 0.357 e. The maximum atomic E-state index is 12.2. The van der Waals surface area contributed by atoms with Gasteiger partial charge in [-0.2, -0.15) is 0 Å². The lowest BCUT2D eigenvalue weighted by molar-refractivity contribution is 0.680. The Morgan fingerprint density at radius 2 is 1.69 bits per heavy atom. The van der Waals surface area contributed by atoms with E-state index in [9.17, 15) is 4.21 Å². The predicted molar refractivity (Wildman–Crippen MR) is 112 cm³/mol. The minimum Gasteiger partial charge on any atom is -0.357 e. The molecule has 2 aromatic carbocycles. The Kier molecular flexibility index (Phi) is 8.90. The third-order valence-corrected chi connectivity index (χ3v) is 5.34. The first kappa shape index (κ1) is 20.2. The molecule has 0 amide bonds. The number of guanidine groups is 1. The first-order valence-electron chi connectivity index (χ1n) is 9.15. The van der Waals surface area contributed by atoms with Crippen LogP contribution in [0, 0.1) is 0 Å². The minimum absolute atomic E-state index is 0.360. The number of hydrogen-bond donors (Lipinski definition) is 2. The summed E-state index contributed by atoms with van der Waals surface area (Å²) in [6.07, 6.45) is 0. The van der Waals surface area contributed by atoms with Gasteiger partial charge in [-0.25, -0.2) is 0 Å². The number of rotatable bonds is 9. The van der Waals surface area contributed by atoms with Crippen LogP contribution in [0.1, 0.15) is 30.9 Å². The fraction of sp³-hybridized carbons (Fsp3) is 0.381. The van der Waals surface area contributed by atoms with Gasteiger partial charge in [0.05, 0.1) is 0 Å². The van der Waals surface area contributed by atoms with E-state index >= 15 is 0 Å². The molecule has 2 aromatic rings. The van der Waals surface area contributed by atoms with Crippen LogP contribution in [-0.4, -0.2) is 35.6 Å². The summed E-state index contributed by atoms with van der Waals surface area (Å²) in [5.41, 5.74) is 2.40. The van der Waals surface area contributed by atoms with Crippen LogP contribution < -0.4 is 10.6 Å². The normalized spacial score (nSPS) is 13.8. The van der Waals surface area contributed by atoms with E-state index < -0.39 is 10.8 Å². The zero-order chi connectivity index (χ0) is 18.6. The Labute approximate surface area is 159 Å². The van der Waals surface area contributed by atoms with Crippen molar-refractivity contribution in [2.75, 3.05) is 25.4 Å². The van der Waals surface area contributed by atoms with Gasteiger partial charge in [0.15, 0.2) is 5.96 Å². The molecule has 0 aliphatic heterocycles. The zero-order valence-electron chi connectivity index (χ0n) is 15.7. The summed E-state index contributed by atoms with van der Waals surface area (Å²) in [7, 11) is -0.879. The van der Waals surface area contributed by atoms with Gasteiger partial charge in [0.2, 0.25) is 0 Å². The topological polar surface area (TPSA) is 53.5 Å². The second kappa shape index (κ2) is 11.5. The van der Waals surface area contributed by atoms with Gasteiger partial charge in [-0.3, -0.25) is 9.20 Å². The van der Waals surface area contributed by atoms with Crippen LogP contribution in [0.25, 0.3) is 0 Å². The quantitative estimate of drug-likeness (QED) is 0.525. The molecule has 0 saturated heterocycles. The highest BCUT2D eigenvalue weighted by atomic mass is 32.2. The molecule has 2 atom stereocenters. The van der Waals surface area contributed by atoms with Crippen LogP contribution in [0.15, 0.2) is 65.7 Å². The molecule has 0 saturated carbocycles. The van der Waals surface area contributed by atoms with E-state index in [0.29, 0.717) is 30.5 Å². The first-order valence-corrected chi connectivity index (χ1v) is 10.6. The summed E-state index contributed by atoms with van der Waals surface area (Å²) < 4.78 is 12.2. The van der Waals surface area contributed by atoms with Crippen molar-refractivity contribution in [2.24, 2.45) is 4.99 Å². The second-order valence-electron chi connectivity index (χ2n) is 6.23. The SMILES string of the molecule is CCNC(=NCC(C)c1ccccc1)NCCS(=O)Cc1ccccc1.